The molecule has 106 valence electrons. The van der Waals surface area contributed by atoms with Crippen molar-refractivity contribution in [3.8, 4) is 0 Å². The summed E-state index contributed by atoms with van der Waals surface area (Å²) in [5, 5.41) is 3.90. The van der Waals surface area contributed by atoms with E-state index in [1.807, 2.05) is 12.4 Å². The molecule has 0 radical (unpaired) electrons. The molecular formula is C15H17ClFN3. The first-order valence-corrected chi connectivity index (χ1v) is 7.25. The smallest absolute Gasteiger partial charge is 0.127 e. The summed E-state index contributed by atoms with van der Waals surface area (Å²) < 4.78 is 15.8. The summed E-state index contributed by atoms with van der Waals surface area (Å²) in [4.78, 5) is 4.32. The van der Waals surface area contributed by atoms with E-state index in [-0.39, 0.29) is 5.82 Å². The molecule has 0 fully saturated rings. The monoisotopic (exact) mass is 293 g/mol. The first kappa shape index (κ1) is 13.6. The Kier molecular flexibility index (Phi) is 4.03. The minimum Gasteiger partial charge on any atom is -0.335 e. The van der Waals surface area contributed by atoms with Crippen LogP contribution in [-0.4, -0.2) is 16.1 Å². The zero-order valence-corrected chi connectivity index (χ0v) is 11.9. The Bertz CT molecular complexity index is 597. The molecule has 1 aromatic heterocycles. The second-order valence-corrected chi connectivity index (χ2v) is 5.70. The van der Waals surface area contributed by atoms with Gasteiger partial charge in [0.1, 0.15) is 11.6 Å². The number of benzene rings is 1. The number of aromatic nitrogens is 2. The van der Waals surface area contributed by atoms with Crippen LogP contribution >= 0.6 is 11.6 Å². The lowest BCUT2D eigenvalue weighted by Crippen LogP contribution is -2.29. The van der Waals surface area contributed by atoms with Gasteiger partial charge in [-0.15, -0.1) is 0 Å². The van der Waals surface area contributed by atoms with Crippen LogP contribution in [-0.2, 0) is 19.5 Å². The average Bonchev–Trinajstić information content (AvgIpc) is 2.90. The van der Waals surface area contributed by atoms with Crippen LogP contribution in [0.25, 0.3) is 0 Å². The van der Waals surface area contributed by atoms with Crippen LogP contribution in [0, 0.1) is 11.7 Å². The maximum Gasteiger partial charge on any atom is 0.127 e. The van der Waals surface area contributed by atoms with Gasteiger partial charge in [-0.2, -0.15) is 0 Å². The second-order valence-electron chi connectivity index (χ2n) is 5.27. The SMILES string of the molecule is Fc1ccc(Cl)cc1CNCC1CCc2nccn2C1. The quantitative estimate of drug-likeness (QED) is 0.939. The van der Waals surface area contributed by atoms with Crippen LogP contribution in [0.4, 0.5) is 4.39 Å². The predicted octanol–water partition coefficient (Wildman–Crippen LogP) is 3.03. The number of hydrogen-bond acceptors (Lipinski definition) is 2. The van der Waals surface area contributed by atoms with Crippen LogP contribution in [0.5, 0.6) is 0 Å². The minimum absolute atomic E-state index is 0.206. The van der Waals surface area contributed by atoms with Crippen molar-refractivity contribution in [1.82, 2.24) is 14.9 Å². The molecular weight excluding hydrogens is 277 g/mol. The van der Waals surface area contributed by atoms with E-state index in [0.717, 1.165) is 25.9 Å². The third-order valence-corrected chi connectivity index (χ3v) is 4.02. The molecule has 20 heavy (non-hydrogen) atoms. The molecule has 0 bridgehead atoms. The van der Waals surface area contributed by atoms with Gasteiger partial charge in [0.2, 0.25) is 0 Å². The van der Waals surface area contributed by atoms with Gasteiger partial charge in [-0.3, -0.25) is 0 Å². The van der Waals surface area contributed by atoms with Gasteiger partial charge < -0.3 is 9.88 Å². The fourth-order valence-electron chi connectivity index (χ4n) is 2.69. The van der Waals surface area contributed by atoms with Crippen molar-refractivity contribution < 1.29 is 4.39 Å². The molecule has 1 aliphatic rings. The highest BCUT2D eigenvalue weighted by Crippen LogP contribution is 2.19. The van der Waals surface area contributed by atoms with Crippen LogP contribution < -0.4 is 5.32 Å². The first-order chi connectivity index (χ1) is 9.72. The minimum atomic E-state index is -0.206. The van der Waals surface area contributed by atoms with E-state index in [1.54, 1.807) is 12.1 Å². The molecule has 0 saturated carbocycles. The van der Waals surface area contributed by atoms with Gasteiger partial charge in [-0.05, 0) is 37.1 Å². The summed E-state index contributed by atoms with van der Waals surface area (Å²) in [6, 6.07) is 4.67. The van der Waals surface area contributed by atoms with E-state index in [9.17, 15) is 4.39 Å². The number of fused-ring (bicyclic) bond motifs is 1. The van der Waals surface area contributed by atoms with E-state index in [1.165, 1.54) is 11.9 Å². The maximum absolute atomic E-state index is 13.6. The largest absolute Gasteiger partial charge is 0.335 e. The molecule has 0 saturated heterocycles. The van der Waals surface area contributed by atoms with E-state index < -0.39 is 0 Å². The van der Waals surface area contributed by atoms with Crippen molar-refractivity contribution in [3.05, 3.63) is 52.8 Å². The molecule has 5 heteroatoms. The number of nitrogens with zero attached hydrogens (tertiary/aromatic N) is 2. The molecule has 3 rings (SSSR count). The summed E-state index contributed by atoms with van der Waals surface area (Å²) in [7, 11) is 0. The van der Waals surface area contributed by atoms with Crippen molar-refractivity contribution in [3.63, 3.8) is 0 Å². The predicted molar refractivity (Wildman–Crippen MR) is 77.2 cm³/mol. The summed E-state index contributed by atoms with van der Waals surface area (Å²) in [5.41, 5.74) is 0.622. The molecule has 1 N–H and O–H groups in total. The Hall–Kier alpha value is -1.39. The van der Waals surface area contributed by atoms with Gasteiger partial charge >= 0.3 is 0 Å². The molecule has 1 atom stereocenters. The van der Waals surface area contributed by atoms with Crippen molar-refractivity contribution in [2.45, 2.75) is 25.9 Å². The van der Waals surface area contributed by atoms with Gasteiger partial charge in [-0.25, -0.2) is 9.37 Å². The molecule has 1 aliphatic heterocycles. The lowest BCUT2D eigenvalue weighted by atomic mass is 9.99. The van der Waals surface area contributed by atoms with Crippen LogP contribution in [0.15, 0.2) is 30.6 Å². The van der Waals surface area contributed by atoms with Crippen LogP contribution in [0.2, 0.25) is 5.02 Å². The standard InChI is InChI=1S/C15H17ClFN3/c16-13-2-3-14(17)12(7-13)9-18-8-11-1-4-15-19-5-6-20(15)10-11/h2-3,5-7,11,18H,1,4,8-10H2. The van der Waals surface area contributed by atoms with Gasteiger partial charge in [0.05, 0.1) is 0 Å². The fourth-order valence-corrected chi connectivity index (χ4v) is 2.89. The number of hydrogen-bond donors (Lipinski definition) is 1. The van der Waals surface area contributed by atoms with Crippen molar-refractivity contribution in [1.29, 1.82) is 0 Å². The first-order valence-electron chi connectivity index (χ1n) is 6.87. The topological polar surface area (TPSA) is 29.9 Å². The van der Waals surface area contributed by atoms with Crippen molar-refractivity contribution in [2.75, 3.05) is 6.54 Å². The normalized spacial score (nSPS) is 18.0. The summed E-state index contributed by atoms with van der Waals surface area (Å²) in [6.07, 6.45) is 6.03. The van der Waals surface area contributed by atoms with E-state index in [2.05, 4.69) is 14.9 Å². The Balaban J connectivity index is 1.52. The number of rotatable bonds is 4. The second kappa shape index (κ2) is 5.94. The third-order valence-electron chi connectivity index (χ3n) is 3.79. The van der Waals surface area contributed by atoms with Crippen LogP contribution in [0.1, 0.15) is 17.8 Å². The number of halogens is 2. The molecule has 1 unspecified atom stereocenters. The number of nitrogens with one attached hydrogen (secondary N) is 1. The van der Waals surface area contributed by atoms with Crippen molar-refractivity contribution >= 4 is 11.6 Å². The zero-order valence-electron chi connectivity index (χ0n) is 11.1. The van der Waals surface area contributed by atoms with Gasteiger partial charge in [-0.1, -0.05) is 11.6 Å². The number of aryl methyl sites for hydroxylation is 1. The molecule has 3 nitrogen and oxygen atoms in total. The molecule has 0 spiro atoms. The maximum atomic E-state index is 13.6. The summed E-state index contributed by atoms with van der Waals surface area (Å²) >= 11 is 5.88. The van der Waals surface area contributed by atoms with Gasteiger partial charge in [0, 0.05) is 42.5 Å². The fraction of sp³-hybridized carbons (Fsp3) is 0.400. The van der Waals surface area contributed by atoms with Crippen LogP contribution in [0.3, 0.4) is 0 Å². The third kappa shape index (κ3) is 3.02. The van der Waals surface area contributed by atoms with E-state index in [4.69, 9.17) is 11.6 Å². The Morgan fingerprint density at radius 2 is 2.35 bits per heavy atom. The lowest BCUT2D eigenvalue weighted by Gasteiger charge is -2.24. The highest BCUT2D eigenvalue weighted by atomic mass is 35.5. The Morgan fingerprint density at radius 1 is 1.45 bits per heavy atom. The zero-order chi connectivity index (χ0) is 13.9. The van der Waals surface area contributed by atoms with Gasteiger partial charge in [0.25, 0.3) is 0 Å². The van der Waals surface area contributed by atoms with E-state index >= 15 is 0 Å². The summed E-state index contributed by atoms with van der Waals surface area (Å²) in [5.74, 6) is 1.53. The van der Waals surface area contributed by atoms with Crippen molar-refractivity contribution in [2.24, 2.45) is 5.92 Å². The molecule has 2 heterocycles. The Morgan fingerprint density at radius 3 is 3.25 bits per heavy atom. The molecule has 0 aliphatic carbocycles. The highest BCUT2D eigenvalue weighted by molar-refractivity contribution is 6.30. The van der Waals surface area contributed by atoms with Gasteiger partial charge in [0.15, 0.2) is 0 Å². The Labute approximate surface area is 122 Å². The molecule has 0 amide bonds. The van der Waals surface area contributed by atoms with E-state index in [0.29, 0.717) is 23.0 Å². The molecule has 1 aromatic carbocycles. The lowest BCUT2D eigenvalue weighted by molar-refractivity contribution is 0.346. The molecule has 2 aromatic rings. The number of imidazole rings is 1. The average molecular weight is 294 g/mol. The highest BCUT2D eigenvalue weighted by Gasteiger charge is 2.18. The summed E-state index contributed by atoms with van der Waals surface area (Å²) in [6.45, 7) is 2.38.